The third-order valence-electron chi connectivity index (χ3n) is 2.43. The molecule has 0 aliphatic rings. The van der Waals surface area contributed by atoms with Crippen LogP contribution in [-0.2, 0) is 4.74 Å². The zero-order chi connectivity index (χ0) is 14.4. The van der Waals surface area contributed by atoms with Gasteiger partial charge < -0.3 is 15.2 Å². The largest absolute Gasteiger partial charge is 0.396 e. The van der Waals surface area contributed by atoms with E-state index in [1.807, 2.05) is 0 Å². The van der Waals surface area contributed by atoms with Crippen molar-refractivity contribution in [3.05, 3.63) is 35.1 Å². The van der Waals surface area contributed by atoms with Crippen molar-refractivity contribution in [1.82, 2.24) is 5.32 Å². The van der Waals surface area contributed by atoms with Crippen LogP contribution in [0.15, 0.2) is 12.1 Å². The van der Waals surface area contributed by atoms with Gasteiger partial charge in [-0.15, -0.1) is 0 Å². The molecule has 0 aliphatic carbocycles. The molecule has 0 saturated carbocycles. The van der Waals surface area contributed by atoms with E-state index in [-0.39, 0.29) is 25.2 Å². The van der Waals surface area contributed by atoms with Crippen molar-refractivity contribution in [2.75, 3.05) is 20.3 Å². The first-order valence-electron chi connectivity index (χ1n) is 5.54. The Hall–Kier alpha value is -1.60. The molecule has 1 aromatic carbocycles. The second-order valence-corrected chi connectivity index (χ2v) is 3.89. The molecule has 106 valence electrons. The number of aliphatic hydroxyl groups excluding tert-OH is 1. The van der Waals surface area contributed by atoms with Crippen LogP contribution in [0.1, 0.15) is 16.8 Å². The Kier molecular flexibility index (Phi) is 5.78. The molecule has 1 atom stereocenters. The van der Waals surface area contributed by atoms with E-state index in [1.165, 1.54) is 7.11 Å². The van der Waals surface area contributed by atoms with Gasteiger partial charge in [-0.1, -0.05) is 0 Å². The zero-order valence-electron chi connectivity index (χ0n) is 10.3. The molecule has 0 radical (unpaired) electrons. The van der Waals surface area contributed by atoms with E-state index in [1.54, 1.807) is 0 Å². The van der Waals surface area contributed by atoms with Crippen LogP contribution in [0.4, 0.5) is 13.2 Å². The highest BCUT2D eigenvalue weighted by atomic mass is 19.2. The number of aliphatic hydroxyl groups is 1. The molecule has 4 nitrogen and oxygen atoms in total. The molecule has 1 unspecified atom stereocenters. The first-order valence-corrected chi connectivity index (χ1v) is 5.54. The normalized spacial score (nSPS) is 12.3. The van der Waals surface area contributed by atoms with Gasteiger partial charge in [-0.3, -0.25) is 4.79 Å². The topological polar surface area (TPSA) is 58.6 Å². The number of rotatable bonds is 6. The second kappa shape index (κ2) is 7.10. The Labute approximate surface area is 108 Å². The monoisotopic (exact) mass is 277 g/mol. The summed E-state index contributed by atoms with van der Waals surface area (Å²) in [4.78, 5) is 11.7. The van der Waals surface area contributed by atoms with Crippen LogP contribution in [0, 0.1) is 17.5 Å². The molecule has 1 rings (SSSR count). The molecule has 7 heteroatoms. The summed E-state index contributed by atoms with van der Waals surface area (Å²) in [5.74, 6) is -5.26. The van der Waals surface area contributed by atoms with Gasteiger partial charge in [0.05, 0.1) is 12.6 Å². The second-order valence-electron chi connectivity index (χ2n) is 3.89. The molecule has 0 spiro atoms. The van der Waals surface area contributed by atoms with Gasteiger partial charge in [-0.2, -0.15) is 0 Å². The minimum Gasteiger partial charge on any atom is -0.396 e. The molecular formula is C12H14F3NO3. The molecule has 1 amide bonds. The lowest BCUT2D eigenvalue weighted by Crippen LogP contribution is -2.38. The predicted octanol–water partition coefficient (Wildman–Crippen LogP) is 1.23. The quantitative estimate of drug-likeness (QED) is 0.769. The highest BCUT2D eigenvalue weighted by molar-refractivity contribution is 5.94. The average molecular weight is 277 g/mol. The van der Waals surface area contributed by atoms with E-state index in [9.17, 15) is 18.0 Å². The summed E-state index contributed by atoms with van der Waals surface area (Å²) < 4.78 is 43.5. The number of nitrogens with one attached hydrogen (secondary N) is 1. The van der Waals surface area contributed by atoms with Crippen LogP contribution in [0.25, 0.3) is 0 Å². The maximum Gasteiger partial charge on any atom is 0.251 e. The van der Waals surface area contributed by atoms with E-state index in [0.717, 1.165) is 0 Å². The fourth-order valence-electron chi connectivity index (χ4n) is 1.51. The number of methoxy groups -OCH3 is 1. The number of benzene rings is 1. The Bertz CT molecular complexity index is 425. The molecule has 19 heavy (non-hydrogen) atoms. The molecule has 1 aromatic rings. The average Bonchev–Trinajstić information content (AvgIpc) is 2.35. The Morgan fingerprint density at radius 3 is 2.42 bits per heavy atom. The molecular weight excluding hydrogens is 263 g/mol. The predicted molar refractivity (Wildman–Crippen MR) is 61.1 cm³/mol. The van der Waals surface area contributed by atoms with E-state index < -0.39 is 29.4 Å². The Morgan fingerprint density at radius 1 is 1.37 bits per heavy atom. The van der Waals surface area contributed by atoms with Crippen molar-refractivity contribution in [3.8, 4) is 0 Å². The number of ether oxygens (including phenoxy) is 1. The van der Waals surface area contributed by atoms with E-state index in [4.69, 9.17) is 9.84 Å². The van der Waals surface area contributed by atoms with E-state index in [2.05, 4.69) is 5.32 Å². The van der Waals surface area contributed by atoms with Crippen molar-refractivity contribution in [1.29, 1.82) is 0 Å². The minimum absolute atomic E-state index is 0.137. The molecule has 0 heterocycles. The van der Waals surface area contributed by atoms with Crippen molar-refractivity contribution in [2.45, 2.75) is 12.5 Å². The molecule has 2 N–H and O–H groups in total. The Morgan fingerprint density at radius 2 is 1.95 bits per heavy atom. The molecule has 0 aromatic heterocycles. The van der Waals surface area contributed by atoms with Gasteiger partial charge in [-0.25, -0.2) is 13.2 Å². The zero-order valence-corrected chi connectivity index (χ0v) is 10.3. The first kappa shape index (κ1) is 15.5. The highest BCUT2D eigenvalue weighted by Gasteiger charge is 2.17. The first-order chi connectivity index (χ1) is 8.99. The lowest BCUT2D eigenvalue weighted by Gasteiger charge is -2.16. The van der Waals surface area contributed by atoms with Gasteiger partial charge >= 0.3 is 0 Å². The van der Waals surface area contributed by atoms with Crippen molar-refractivity contribution in [2.24, 2.45) is 0 Å². The number of halogens is 3. The number of amides is 1. The van der Waals surface area contributed by atoms with Crippen LogP contribution in [-0.4, -0.2) is 37.4 Å². The summed E-state index contributed by atoms with van der Waals surface area (Å²) in [6.07, 6.45) is 0.228. The van der Waals surface area contributed by atoms with Crippen LogP contribution in [0.3, 0.4) is 0 Å². The summed E-state index contributed by atoms with van der Waals surface area (Å²) in [5, 5.41) is 11.2. The Balaban J connectivity index is 2.82. The van der Waals surface area contributed by atoms with Gasteiger partial charge in [-0.05, 0) is 18.6 Å². The molecule has 0 fully saturated rings. The summed E-state index contributed by atoms with van der Waals surface area (Å²) in [6.45, 7) is -0.0428. The summed E-state index contributed by atoms with van der Waals surface area (Å²) >= 11 is 0. The summed E-state index contributed by atoms with van der Waals surface area (Å²) in [6, 6.07) is 0.714. The van der Waals surface area contributed by atoms with Gasteiger partial charge in [0.2, 0.25) is 0 Å². The SMILES string of the molecule is COCC(CCO)NC(=O)c1cc(F)c(F)c(F)c1. The van der Waals surface area contributed by atoms with E-state index in [0.29, 0.717) is 12.1 Å². The molecule has 0 aliphatic heterocycles. The number of carbonyl (C=O) groups is 1. The third-order valence-corrected chi connectivity index (χ3v) is 2.43. The van der Waals surface area contributed by atoms with E-state index >= 15 is 0 Å². The summed E-state index contributed by atoms with van der Waals surface area (Å²) in [5.41, 5.74) is -0.338. The standard InChI is InChI=1S/C12H14F3NO3/c1-19-6-8(2-3-17)16-12(18)7-4-9(13)11(15)10(14)5-7/h4-5,8,17H,2-3,6H2,1H3,(H,16,18). The minimum atomic E-state index is -1.62. The van der Waals surface area contributed by atoms with Crippen molar-refractivity contribution >= 4 is 5.91 Å². The molecule has 0 bridgehead atoms. The van der Waals surface area contributed by atoms with Gasteiger partial charge in [0.1, 0.15) is 0 Å². The maximum absolute atomic E-state index is 13.0. The molecule has 0 saturated heterocycles. The highest BCUT2D eigenvalue weighted by Crippen LogP contribution is 2.13. The number of carbonyl (C=O) groups excluding carboxylic acids is 1. The fourth-order valence-corrected chi connectivity index (χ4v) is 1.51. The smallest absolute Gasteiger partial charge is 0.251 e. The number of hydrogen-bond acceptors (Lipinski definition) is 3. The van der Waals surface area contributed by atoms with Crippen molar-refractivity contribution in [3.63, 3.8) is 0 Å². The lowest BCUT2D eigenvalue weighted by molar-refractivity contribution is 0.0877. The van der Waals surface area contributed by atoms with Gasteiger partial charge in [0.25, 0.3) is 5.91 Å². The fraction of sp³-hybridized carbons (Fsp3) is 0.417. The van der Waals surface area contributed by atoms with Gasteiger partial charge in [0.15, 0.2) is 17.5 Å². The number of hydrogen-bond donors (Lipinski definition) is 2. The van der Waals surface area contributed by atoms with Crippen LogP contribution >= 0.6 is 0 Å². The van der Waals surface area contributed by atoms with Crippen LogP contribution in [0.5, 0.6) is 0 Å². The lowest BCUT2D eigenvalue weighted by atomic mass is 10.1. The van der Waals surface area contributed by atoms with Crippen molar-refractivity contribution < 1.29 is 27.8 Å². The van der Waals surface area contributed by atoms with Crippen LogP contribution < -0.4 is 5.32 Å². The summed E-state index contributed by atoms with van der Waals surface area (Å²) in [7, 11) is 1.41. The van der Waals surface area contributed by atoms with Crippen LogP contribution in [0.2, 0.25) is 0 Å². The third kappa shape index (κ3) is 4.22. The van der Waals surface area contributed by atoms with Gasteiger partial charge in [0, 0.05) is 19.3 Å². The maximum atomic E-state index is 13.0.